The van der Waals surface area contributed by atoms with Crippen LogP contribution in [0.25, 0.3) is 0 Å². The lowest BCUT2D eigenvalue weighted by molar-refractivity contribution is -0.386. The van der Waals surface area contributed by atoms with Crippen molar-refractivity contribution in [2.45, 2.75) is 45.6 Å². The normalized spacial score (nSPS) is 16.6. The van der Waals surface area contributed by atoms with Crippen LogP contribution in [0.2, 0.25) is 0 Å². The lowest BCUT2D eigenvalue weighted by atomic mass is 9.93. The Bertz CT molecular complexity index is 1130. The van der Waals surface area contributed by atoms with Gasteiger partial charge in [-0.1, -0.05) is 26.0 Å². The monoisotopic (exact) mass is 497 g/mol. The highest BCUT2D eigenvalue weighted by Crippen LogP contribution is 2.42. The molecule has 2 aliphatic rings. The number of hydrogen-bond donors (Lipinski definition) is 1. The Hall–Kier alpha value is -3.66. The fourth-order valence-electron chi connectivity index (χ4n) is 4.64. The van der Waals surface area contributed by atoms with Gasteiger partial charge in [0.1, 0.15) is 6.04 Å². The Morgan fingerprint density at radius 1 is 1.14 bits per heavy atom. The van der Waals surface area contributed by atoms with Gasteiger partial charge in [0.15, 0.2) is 11.5 Å². The standard InChI is InChI=1S/C26H31N3O7/c1-4-34-26(31)18-9-11-28(12-10-18)24(25(30)27-19-7-5-17(6-8-19)16(2)3)20-13-22-23(36-15-35-22)14-21(20)29(32)33/h5-8,13-14,16,18,24H,4,9-12,15H2,1-3H3,(H,27,30). The molecule has 1 fully saturated rings. The summed E-state index contributed by atoms with van der Waals surface area (Å²) in [5.74, 6) is 0.0620. The SMILES string of the molecule is CCOC(=O)C1CCN(C(C(=O)Nc2ccc(C(C)C)cc2)c2cc3c(cc2[N+](=O)[O-])OCO3)CC1. The van der Waals surface area contributed by atoms with Crippen LogP contribution in [0.1, 0.15) is 56.7 Å². The average molecular weight is 498 g/mol. The molecule has 0 aliphatic carbocycles. The van der Waals surface area contributed by atoms with Crippen molar-refractivity contribution in [3.63, 3.8) is 0 Å². The van der Waals surface area contributed by atoms with Crippen molar-refractivity contribution in [1.29, 1.82) is 0 Å². The minimum atomic E-state index is -0.965. The number of nitrogens with one attached hydrogen (secondary N) is 1. The molecule has 0 spiro atoms. The van der Waals surface area contributed by atoms with E-state index in [1.54, 1.807) is 6.92 Å². The number of hydrogen-bond acceptors (Lipinski definition) is 8. The Morgan fingerprint density at radius 2 is 1.78 bits per heavy atom. The molecule has 10 nitrogen and oxygen atoms in total. The molecule has 192 valence electrons. The van der Waals surface area contributed by atoms with Crippen LogP contribution >= 0.6 is 0 Å². The summed E-state index contributed by atoms with van der Waals surface area (Å²) in [7, 11) is 0. The van der Waals surface area contributed by atoms with Gasteiger partial charge in [-0.2, -0.15) is 0 Å². The summed E-state index contributed by atoms with van der Waals surface area (Å²) in [5, 5.41) is 14.9. The second-order valence-corrected chi connectivity index (χ2v) is 9.25. The molecular formula is C26H31N3O7. The van der Waals surface area contributed by atoms with Crippen molar-refractivity contribution in [3.05, 3.63) is 57.6 Å². The van der Waals surface area contributed by atoms with Crippen molar-refractivity contribution >= 4 is 23.3 Å². The molecule has 1 amide bonds. The molecule has 10 heteroatoms. The number of nitrogens with zero attached hydrogens (tertiary/aromatic N) is 2. The first-order valence-corrected chi connectivity index (χ1v) is 12.2. The summed E-state index contributed by atoms with van der Waals surface area (Å²) in [6, 6.07) is 9.40. The molecule has 0 bridgehead atoms. The Balaban J connectivity index is 1.65. The number of ether oxygens (including phenoxy) is 3. The maximum absolute atomic E-state index is 13.7. The van der Waals surface area contributed by atoms with E-state index >= 15 is 0 Å². The quantitative estimate of drug-likeness (QED) is 0.324. The number of nitro benzene ring substituents is 1. The molecule has 0 aromatic heterocycles. The van der Waals surface area contributed by atoms with Gasteiger partial charge < -0.3 is 19.5 Å². The Labute approximate surface area is 209 Å². The maximum atomic E-state index is 13.7. The van der Waals surface area contributed by atoms with Crippen LogP contribution < -0.4 is 14.8 Å². The average Bonchev–Trinajstić information content (AvgIpc) is 3.32. The summed E-state index contributed by atoms with van der Waals surface area (Å²) < 4.78 is 16.0. The minimum Gasteiger partial charge on any atom is -0.466 e. The smallest absolute Gasteiger partial charge is 0.309 e. The third kappa shape index (κ3) is 5.43. The number of fused-ring (bicyclic) bond motifs is 1. The van der Waals surface area contributed by atoms with E-state index in [9.17, 15) is 19.7 Å². The van der Waals surface area contributed by atoms with Crippen LogP contribution in [0, 0.1) is 16.0 Å². The van der Waals surface area contributed by atoms with E-state index in [1.165, 1.54) is 12.1 Å². The van der Waals surface area contributed by atoms with Crippen molar-refractivity contribution in [2.24, 2.45) is 5.92 Å². The Kier molecular flexibility index (Phi) is 7.73. The molecule has 4 rings (SSSR count). The van der Waals surface area contributed by atoms with Crippen LogP contribution in [0.5, 0.6) is 11.5 Å². The molecule has 0 saturated carbocycles. The molecule has 2 aromatic rings. The van der Waals surface area contributed by atoms with E-state index in [2.05, 4.69) is 19.2 Å². The van der Waals surface area contributed by atoms with Crippen LogP contribution in [0.4, 0.5) is 11.4 Å². The van der Waals surface area contributed by atoms with Crippen LogP contribution in [0.15, 0.2) is 36.4 Å². The van der Waals surface area contributed by atoms with Gasteiger partial charge >= 0.3 is 5.97 Å². The maximum Gasteiger partial charge on any atom is 0.309 e. The van der Waals surface area contributed by atoms with Gasteiger partial charge in [0.05, 0.1) is 29.1 Å². The van der Waals surface area contributed by atoms with Gasteiger partial charge in [-0.25, -0.2) is 0 Å². The lowest BCUT2D eigenvalue weighted by Crippen LogP contribution is -2.43. The number of carbonyl (C=O) groups is 2. The van der Waals surface area contributed by atoms with E-state index in [-0.39, 0.29) is 35.7 Å². The van der Waals surface area contributed by atoms with Gasteiger partial charge in [-0.05, 0) is 49.4 Å². The molecule has 2 aromatic carbocycles. The molecule has 1 saturated heterocycles. The zero-order valence-corrected chi connectivity index (χ0v) is 20.7. The first-order chi connectivity index (χ1) is 17.3. The summed E-state index contributed by atoms with van der Waals surface area (Å²) in [5.41, 5.74) is 1.73. The number of anilines is 1. The summed E-state index contributed by atoms with van der Waals surface area (Å²) in [4.78, 5) is 39.3. The molecule has 2 heterocycles. The van der Waals surface area contributed by atoms with Crippen molar-refractivity contribution in [2.75, 3.05) is 31.8 Å². The number of likely N-dealkylation sites (tertiary alicyclic amines) is 1. The van der Waals surface area contributed by atoms with E-state index in [0.717, 1.165) is 5.56 Å². The van der Waals surface area contributed by atoms with E-state index < -0.39 is 16.9 Å². The number of rotatable bonds is 8. The number of piperidine rings is 1. The third-order valence-electron chi connectivity index (χ3n) is 6.62. The first-order valence-electron chi connectivity index (χ1n) is 12.2. The van der Waals surface area contributed by atoms with Gasteiger partial charge in [-0.15, -0.1) is 0 Å². The molecule has 1 N–H and O–H groups in total. The van der Waals surface area contributed by atoms with E-state index in [1.807, 2.05) is 29.2 Å². The number of nitro groups is 1. The number of amides is 1. The van der Waals surface area contributed by atoms with Crippen molar-refractivity contribution in [3.8, 4) is 11.5 Å². The number of benzene rings is 2. The molecule has 2 aliphatic heterocycles. The largest absolute Gasteiger partial charge is 0.466 e. The number of esters is 1. The fraction of sp³-hybridized carbons (Fsp3) is 0.462. The second kappa shape index (κ2) is 10.9. The first kappa shape index (κ1) is 25.4. The van der Waals surface area contributed by atoms with Gasteiger partial charge in [0.25, 0.3) is 5.69 Å². The topological polar surface area (TPSA) is 120 Å². The molecule has 0 radical (unpaired) electrons. The van der Waals surface area contributed by atoms with Crippen LogP contribution in [-0.2, 0) is 14.3 Å². The minimum absolute atomic E-state index is 0.0417. The van der Waals surface area contributed by atoms with Crippen molar-refractivity contribution in [1.82, 2.24) is 4.90 Å². The highest BCUT2D eigenvalue weighted by Gasteiger charge is 2.38. The zero-order chi connectivity index (χ0) is 25.8. The molecular weight excluding hydrogens is 466 g/mol. The Morgan fingerprint density at radius 3 is 2.36 bits per heavy atom. The number of carbonyl (C=O) groups excluding carboxylic acids is 2. The highest BCUT2D eigenvalue weighted by atomic mass is 16.7. The highest BCUT2D eigenvalue weighted by molar-refractivity contribution is 5.96. The molecule has 1 atom stereocenters. The van der Waals surface area contributed by atoms with Gasteiger partial charge in [0, 0.05) is 18.8 Å². The molecule has 1 unspecified atom stereocenters. The van der Waals surface area contributed by atoms with Gasteiger partial charge in [-0.3, -0.25) is 24.6 Å². The van der Waals surface area contributed by atoms with Crippen molar-refractivity contribution < 1.29 is 28.7 Å². The lowest BCUT2D eigenvalue weighted by Gasteiger charge is -2.36. The fourth-order valence-corrected chi connectivity index (χ4v) is 4.64. The predicted octanol–water partition coefficient (Wildman–Crippen LogP) is 4.40. The summed E-state index contributed by atoms with van der Waals surface area (Å²) in [6.45, 7) is 7.01. The van der Waals surface area contributed by atoms with E-state index in [0.29, 0.717) is 49.9 Å². The zero-order valence-electron chi connectivity index (χ0n) is 20.7. The van der Waals surface area contributed by atoms with Crippen LogP contribution in [-0.4, -0.2) is 48.2 Å². The molecule has 36 heavy (non-hydrogen) atoms. The predicted molar refractivity (Wildman–Crippen MR) is 132 cm³/mol. The van der Waals surface area contributed by atoms with E-state index in [4.69, 9.17) is 14.2 Å². The van der Waals surface area contributed by atoms with Crippen LogP contribution in [0.3, 0.4) is 0 Å². The summed E-state index contributed by atoms with van der Waals surface area (Å²) in [6.07, 6.45) is 0.980. The second-order valence-electron chi connectivity index (χ2n) is 9.25. The third-order valence-corrected chi connectivity index (χ3v) is 6.62. The summed E-state index contributed by atoms with van der Waals surface area (Å²) >= 11 is 0. The van der Waals surface area contributed by atoms with Gasteiger partial charge in [0.2, 0.25) is 12.7 Å².